The number of hydrogen-bond donors (Lipinski definition) is 3. The molecule has 2 aromatic rings. The zero-order valence-corrected chi connectivity index (χ0v) is 22.1. The van der Waals surface area contributed by atoms with E-state index in [4.69, 9.17) is 13.9 Å². The van der Waals surface area contributed by atoms with Gasteiger partial charge in [0.2, 0.25) is 0 Å². The van der Waals surface area contributed by atoms with E-state index < -0.39 is 5.60 Å². The minimum Gasteiger partial charge on any atom is -0.492 e. The third kappa shape index (κ3) is 9.15. The molecule has 1 unspecified atom stereocenters. The van der Waals surface area contributed by atoms with Gasteiger partial charge in [-0.3, -0.25) is 4.90 Å². The number of halogens is 1. The van der Waals surface area contributed by atoms with Crippen LogP contribution in [-0.4, -0.2) is 68.5 Å². The minimum absolute atomic E-state index is 0. The lowest BCUT2D eigenvalue weighted by Gasteiger charge is -2.26. The third-order valence-corrected chi connectivity index (χ3v) is 5.31. The predicted molar refractivity (Wildman–Crippen MR) is 140 cm³/mol. The van der Waals surface area contributed by atoms with Gasteiger partial charge < -0.3 is 29.6 Å². The van der Waals surface area contributed by atoms with E-state index in [0.29, 0.717) is 24.9 Å². The number of morpholine rings is 1. The van der Waals surface area contributed by atoms with Crippen molar-refractivity contribution in [3.63, 3.8) is 0 Å². The summed E-state index contributed by atoms with van der Waals surface area (Å²) in [5.74, 6) is 2.78. The molecule has 0 radical (unpaired) electrons. The summed E-state index contributed by atoms with van der Waals surface area (Å²) in [5, 5.41) is 17.2. The van der Waals surface area contributed by atoms with Gasteiger partial charge in [-0.2, -0.15) is 0 Å². The number of aliphatic imine (C=N–C) groups is 1. The van der Waals surface area contributed by atoms with Gasteiger partial charge in [0.05, 0.1) is 26.3 Å². The molecule has 3 N–H and O–H groups in total. The van der Waals surface area contributed by atoms with E-state index in [1.54, 1.807) is 13.0 Å². The van der Waals surface area contributed by atoms with E-state index in [0.717, 1.165) is 56.5 Å². The van der Waals surface area contributed by atoms with Gasteiger partial charge in [-0.25, -0.2) is 4.99 Å². The molecule has 0 spiro atoms. The largest absolute Gasteiger partial charge is 0.492 e. The molecule has 0 saturated carbocycles. The van der Waals surface area contributed by atoms with Gasteiger partial charge in [0, 0.05) is 26.2 Å². The van der Waals surface area contributed by atoms with Gasteiger partial charge in [0.15, 0.2) is 5.96 Å². The fourth-order valence-electron chi connectivity index (χ4n) is 3.43. The maximum atomic E-state index is 10.7. The Balaban J connectivity index is 0.00000385. The molecule has 1 saturated heterocycles. The van der Waals surface area contributed by atoms with E-state index in [9.17, 15) is 5.11 Å². The SMILES string of the molecule is CCNC(=NCc1cccc(OCCN2CCOCC2)c1)NCC(C)(O)c1ccc(C)o1.I. The highest BCUT2D eigenvalue weighted by Gasteiger charge is 2.27. The molecular weight excluding hydrogens is 535 g/mol. The molecule has 1 fully saturated rings. The van der Waals surface area contributed by atoms with Gasteiger partial charge in [-0.05, 0) is 50.6 Å². The monoisotopic (exact) mass is 572 g/mol. The van der Waals surface area contributed by atoms with Crippen LogP contribution in [0.25, 0.3) is 0 Å². The van der Waals surface area contributed by atoms with Crippen LogP contribution in [0.15, 0.2) is 45.8 Å². The first-order valence-electron chi connectivity index (χ1n) is 11.3. The van der Waals surface area contributed by atoms with Crippen molar-refractivity contribution < 1.29 is 19.0 Å². The molecule has 1 atom stereocenters. The standard InChI is InChI=1S/C24H36N4O4.HI/c1-4-25-23(27-18-24(3,29)22-9-8-19(2)32-22)26-17-20-6-5-7-21(16-20)31-15-12-28-10-13-30-14-11-28;/h5-9,16,29H,4,10-15,17-18H2,1-3H3,(H2,25,26,27);1H. The van der Waals surface area contributed by atoms with Crippen LogP contribution in [0.5, 0.6) is 5.75 Å². The summed E-state index contributed by atoms with van der Waals surface area (Å²) in [7, 11) is 0. The van der Waals surface area contributed by atoms with Crippen LogP contribution in [0, 0.1) is 6.92 Å². The predicted octanol–water partition coefficient (Wildman–Crippen LogP) is 2.88. The highest BCUT2D eigenvalue weighted by atomic mass is 127. The second-order valence-electron chi connectivity index (χ2n) is 8.18. The zero-order valence-electron chi connectivity index (χ0n) is 19.8. The number of aryl methyl sites for hydroxylation is 1. The van der Waals surface area contributed by atoms with Crippen molar-refractivity contribution in [1.82, 2.24) is 15.5 Å². The second-order valence-corrected chi connectivity index (χ2v) is 8.18. The zero-order chi connectivity index (χ0) is 22.8. The minimum atomic E-state index is -1.14. The van der Waals surface area contributed by atoms with Crippen molar-refractivity contribution in [3.05, 3.63) is 53.5 Å². The molecule has 3 rings (SSSR count). The molecule has 1 aliphatic heterocycles. The van der Waals surface area contributed by atoms with Gasteiger partial charge in [-0.1, -0.05) is 12.1 Å². The summed E-state index contributed by atoms with van der Waals surface area (Å²) in [5.41, 5.74) is -0.0851. The molecule has 1 aromatic heterocycles. The van der Waals surface area contributed by atoms with Crippen molar-refractivity contribution >= 4 is 29.9 Å². The average Bonchev–Trinajstić information content (AvgIpc) is 3.24. The molecule has 9 heteroatoms. The number of rotatable bonds is 10. The maximum Gasteiger partial charge on any atom is 0.191 e. The smallest absolute Gasteiger partial charge is 0.191 e. The number of guanidine groups is 1. The molecule has 8 nitrogen and oxygen atoms in total. The van der Waals surface area contributed by atoms with Crippen LogP contribution >= 0.6 is 24.0 Å². The van der Waals surface area contributed by atoms with E-state index in [1.807, 2.05) is 44.2 Å². The normalized spacial score (nSPS) is 16.5. The Hall–Kier alpha value is -1.82. The van der Waals surface area contributed by atoms with Crippen molar-refractivity contribution in [1.29, 1.82) is 0 Å². The lowest BCUT2D eigenvalue weighted by Crippen LogP contribution is -2.44. The number of ether oxygens (including phenoxy) is 2. The van der Waals surface area contributed by atoms with Gasteiger partial charge in [0.25, 0.3) is 0 Å². The van der Waals surface area contributed by atoms with Crippen molar-refractivity contribution in [3.8, 4) is 5.75 Å². The quantitative estimate of drug-likeness (QED) is 0.229. The van der Waals surface area contributed by atoms with Gasteiger partial charge in [0.1, 0.15) is 29.5 Å². The van der Waals surface area contributed by atoms with Crippen LogP contribution in [0.1, 0.15) is 30.9 Å². The average molecular weight is 572 g/mol. The number of benzene rings is 1. The Morgan fingerprint density at radius 3 is 2.70 bits per heavy atom. The highest BCUT2D eigenvalue weighted by molar-refractivity contribution is 14.0. The number of nitrogens with one attached hydrogen (secondary N) is 2. The van der Waals surface area contributed by atoms with Crippen LogP contribution in [0.4, 0.5) is 0 Å². The molecule has 1 aromatic carbocycles. The van der Waals surface area contributed by atoms with Gasteiger partial charge in [-0.15, -0.1) is 24.0 Å². The fraction of sp³-hybridized carbons (Fsp3) is 0.542. The Kier molecular flexibility index (Phi) is 11.5. The Bertz CT molecular complexity index is 866. The topological polar surface area (TPSA) is 91.5 Å². The molecule has 1 aliphatic rings. The number of aliphatic hydroxyl groups is 1. The van der Waals surface area contributed by atoms with E-state index in [1.165, 1.54) is 0 Å². The Morgan fingerprint density at radius 2 is 2.00 bits per heavy atom. The van der Waals surface area contributed by atoms with E-state index in [-0.39, 0.29) is 30.5 Å². The van der Waals surface area contributed by atoms with Crippen LogP contribution in [0.3, 0.4) is 0 Å². The molecule has 0 amide bonds. The maximum absolute atomic E-state index is 10.7. The summed E-state index contributed by atoms with van der Waals surface area (Å²) in [6, 6.07) is 11.7. The lowest BCUT2D eigenvalue weighted by molar-refractivity contribution is 0.0322. The van der Waals surface area contributed by atoms with Crippen LogP contribution in [-0.2, 0) is 16.9 Å². The van der Waals surface area contributed by atoms with Gasteiger partial charge >= 0.3 is 0 Å². The first-order chi connectivity index (χ1) is 15.5. The number of nitrogens with zero attached hydrogens (tertiary/aromatic N) is 2. The summed E-state index contributed by atoms with van der Waals surface area (Å²) in [6.07, 6.45) is 0. The van der Waals surface area contributed by atoms with Crippen molar-refractivity contribution in [2.24, 2.45) is 4.99 Å². The molecule has 0 bridgehead atoms. The van der Waals surface area contributed by atoms with Crippen molar-refractivity contribution in [2.75, 3.05) is 52.5 Å². The van der Waals surface area contributed by atoms with Crippen LogP contribution in [0.2, 0.25) is 0 Å². The highest BCUT2D eigenvalue weighted by Crippen LogP contribution is 2.22. The Morgan fingerprint density at radius 1 is 1.21 bits per heavy atom. The molecule has 184 valence electrons. The molecule has 2 heterocycles. The first-order valence-corrected chi connectivity index (χ1v) is 11.3. The summed E-state index contributed by atoms with van der Waals surface area (Å²) < 4.78 is 16.9. The fourth-order valence-corrected chi connectivity index (χ4v) is 3.43. The molecule has 0 aliphatic carbocycles. The van der Waals surface area contributed by atoms with E-state index >= 15 is 0 Å². The summed E-state index contributed by atoms with van der Waals surface area (Å²) >= 11 is 0. The number of furan rings is 1. The van der Waals surface area contributed by atoms with Crippen LogP contribution < -0.4 is 15.4 Å². The summed E-state index contributed by atoms with van der Waals surface area (Å²) in [6.45, 7) is 12.2. The lowest BCUT2D eigenvalue weighted by atomic mass is 10.0. The van der Waals surface area contributed by atoms with Crippen molar-refractivity contribution in [2.45, 2.75) is 32.9 Å². The molecular formula is C24H37IN4O4. The first kappa shape index (κ1) is 27.4. The second kappa shape index (κ2) is 13.8. The Labute approximate surface area is 213 Å². The molecule has 33 heavy (non-hydrogen) atoms. The number of hydrogen-bond acceptors (Lipinski definition) is 6. The third-order valence-electron chi connectivity index (χ3n) is 5.31. The van der Waals surface area contributed by atoms with E-state index in [2.05, 4.69) is 20.5 Å². The summed E-state index contributed by atoms with van der Waals surface area (Å²) in [4.78, 5) is 7.01.